The largest absolute Gasteiger partial charge is 0.395 e. The highest BCUT2D eigenvalue weighted by atomic mass is 16.3. The van der Waals surface area contributed by atoms with E-state index in [0.717, 1.165) is 32.1 Å². The van der Waals surface area contributed by atoms with Gasteiger partial charge in [-0.2, -0.15) is 5.26 Å². The first-order chi connectivity index (χ1) is 8.54. The summed E-state index contributed by atoms with van der Waals surface area (Å²) in [6, 6.07) is 1.94. The zero-order chi connectivity index (χ0) is 13.6. The van der Waals surface area contributed by atoms with Crippen LogP contribution in [-0.4, -0.2) is 47.7 Å². The summed E-state index contributed by atoms with van der Waals surface area (Å²) < 4.78 is 0. The molecule has 0 bridgehead atoms. The number of nitrogens with one attached hydrogen (secondary N) is 1. The molecule has 1 amide bonds. The number of hydrogen-bond acceptors (Lipinski definition) is 4. The fraction of sp³-hybridized carbons (Fsp3) is 0.846. The van der Waals surface area contributed by atoms with Gasteiger partial charge in [0, 0.05) is 6.54 Å². The van der Waals surface area contributed by atoms with Crippen molar-refractivity contribution in [2.45, 2.75) is 50.6 Å². The van der Waals surface area contributed by atoms with E-state index in [1.807, 2.05) is 0 Å². The molecule has 0 radical (unpaired) electrons. The van der Waals surface area contributed by atoms with Crippen molar-refractivity contribution in [3.63, 3.8) is 0 Å². The van der Waals surface area contributed by atoms with Gasteiger partial charge in [0.1, 0.15) is 5.54 Å². The molecule has 1 unspecified atom stereocenters. The SMILES string of the molecule is CC(C(=O)NC1(C#N)CCCCC1)N(C)CCO. The summed E-state index contributed by atoms with van der Waals surface area (Å²) in [4.78, 5) is 13.9. The summed E-state index contributed by atoms with van der Waals surface area (Å²) in [5, 5.41) is 21.1. The van der Waals surface area contributed by atoms with Crippen LogP contribution in [0, 0.1) is 11.3 Å². The quantitative estimate of drug-likeness (QED) is 0.754. The minimum absolute atomic E-state index is 0.0253. The Morgan fingerprint density at radius 2 is 2.11 bits per heavy atom. The third kappa shape index (κ3) is 3.69. The van der Waals surface area contributed by atoms with E-state index in [9.17, 15) is 10.1 Å². The summed E-state index contributed by atoms with van der Waals surface area (Å²) in [5.74, 6) is -0.130. The zero-order valence-corrected chi connectivity index (χ0v) is 11.3. The fourth-order valence-electron chi connectivity index (χ4n) is 2.31. The fourth-order valence-corrected chi connectivity index (χ4v) is 2.31. The van der Waals surface area contributed by atoms with Gasteiger partial charge in [-0.05, 0) is 26.8 Å². The molecule has 0 spiro atoms. The van der Waals surface area contributed by atoms with E-state index in [-0.39, 0.29) is 18.6 Å². The van der Waals surface area contributed by atoms with Gasteiger partial charge in [0.2, 0.25) is 5.91 Å². The first-order valence-corrected chi connectivity index (χ1v) is 6.59. The van der Waals surface area contributed by atoms with E-state index in [1.54, 1.807) is 18.9 Å². The molecule has 5 heteroatoms. The molecule has 0 aromatic heterocycles. The van der Waals surface area contributed by atoms with E-state index in [0.29, 0.717) is 6.54 Å². The van der Waals surface area contributed by atoms with Crippen LogP contribution in [0.3, 0.4) is 0 Å². The van der Waals surface area contributed by atoms with Gasteiger partial charge in [0.25, 0.3) is 0 Å². The maximum Gasteiger partial charge on any atom is 0.238 e. The second-order valence-corrected chi connectivity index (χ2v) is 5.12. The summed E-state index contributed by atoms with van der Waals surface area (Å²) in [7, 11) is 1.79. The van der Waals surface area contributed by atoms with Crippen molar-refractivity contribution in [3.8, 4) is 6.07 Å². The van der Waals surface area contributed by atoms with Gasteiger partial charge in [-0.15, -0.1) is 0 Å². The molecule has 0 aromatic rings. The van der Waals surface area contributed by atoms with Gasteiger partial charge < -0.3 is 10.4 Å². The molecule has 2 N–H and O–H groups in total. The van der Waals surface area contributed by atoms with Gasteiger partial charge in [-0.25, -0.2) is 0 Å². The number of carbonyl (C=O) groups excluding carboxylic acids is 1. The Balaban J connectivity index is 2.59. The van der Waals surface area contributed by atoms with Crippen LogP contribution in [0.4, 0.5) is 0 Å². The number of amides is 1. The van der Waals surface area contributed by atoms with E-state index >= 15 is 0 Å². The first kappa shape index (κ1) is 14.9. The topological polar surface area (TPSA) is 76.4 Å². The molecule has 18 heavy (non-hydrogen) atoms. The molecule has 5 nitrogen and oxygen atoms in total. The van der Waals surface area contributed by atoms with Crippen LogP contribution < -0.4 is 5.32 Å². The lowest BCUT2D eigenvalue weighted by atomic mass is 9.82. The van der Waals surface area contributed by atoms with Crippen molar-refractivity contribution in [3.05, 3.63) is 0 Å². The van der Waals surface area contributed by atoms with E-state index in [2.05, 4.69) is 11.4 Å². The lowest BCUT2D eigenvalue weighted by molar-refractivity contribution is -0.127. The predicted molar refractivity (Wildman–Crippen MR) is 68.7 cm³/mol. The number of nitriles is 1. The molecule has 1 rings (SSSR count). The standard InChI is InChI=1S/C13H23N3O2/c1-11(16(2)8-9-17)12(18)15-13(10-14)6-4-3-5-7-13/h11,17H,3-9H2,1-2H3,(H,15,18). The van der Waals surface area contributed by atoms with Gasteiger partial charge in [-0.3, -0.25) is 9.69 Å². The van der Waals surface area contributed by atoms with Crippen molar-refractivity contribution < 1.29 is 9.90 Å². The lowest BCUT2D eigenvalue weighted by Crippen LogP contribution is -2.54. The average Bonchev–Trinajstić information content (AvgIpc) is 2.39. The summed E-state index contributed by atoms with van der Waals surface area (Å²) in [6.45, 7) is 2.27. The molecule has 0 aromatic carbocycles. The number of hydrogen-bond donors (Lipinski definition) is 2. The Hall–Kier alpha value is -1.12. The monoisotopic (exact) mass is 253 g/mol. The number of nitrogens with zero attached hydrogens (tertiary/aromatic N) is 2. The van der Waals surface area contributed by atoms with Gasteiger partial charge in [-0.1, -0.05) is 19.3 Å². The molecule has 0 saturated heterocycles. The molecule has 1 aliphatic rings. The van der Waals surface area contributed by atoms with Crippen LogP contribution in [0.5, 0.6) is 0 Å². The molecule has 1 atom stereocenters. The van der Waals surface area contributed by atoms with Crippen LogP contribution in [0.25, 0.3) is 0 Å². The number of carbonyl (C=O) groups is 1. The van der Waals surface area contributed by atoms with Crippen molar-refractivity contribution in [1.82, 2.24) is 10.2 Å². The number of rotatable bonds is 5. The Morgan fingerprint density at radius 1 is 1.50 bits per heavy atom. The molecule has 1 fully saturated rings. The van der Waals surface area contributed by atoms with Gasteiger partial charge in [0.05, 0.1) is 18.7 Å². The molecule has 1 saturated carbocycles. The van der Waals surface area contributed by atoms with Crippen LogP contribution in [0.2, 0.25) is 0 Å². The van der Waals surface area contributed by atoms with Crippen LogP contribution >= 0.6 is 0 Å². The van der Waals surface area contributed by atoms with Crippen molar-refractivity contribution in [1.29, 1.82) is 5.26 Å². The van der Waals surface area contributed by atoms with E-state index in [4.69, 9.17) is 5.11 Å². The highest BCUT2D eigenvalue weighted by Crippen LogP contribution is 2.27. The third-order valence-corrected chi connectivity index (χ3v) is 3.78. The van der Waals surface area contributed by atoms with Crippen LogP contribution in [0.15, 0.2) is 0 Å². The Labute approximate surface area is 109 Å². The van der Waals surface area contributed by atoms with E-state index < -0.39 is 5.54 Å². The summed E-state index contributed by atoms with van der Waals surface area (Å²) in [5.41, 5.74) is -0.677. The molecule has 0 aliphatic heterocycles. The normalized spacial score (nSPS) is 20.2. The van der Waals surface area contributed by atoms with Gasteiger partial charge >= 0.3 is 0 Å². The molecular formula is C13H23N3O2. The first-order valence-electron chi connectivity index (χ1n) is 6.59. The summed E-state index contributed by atoms with van der Waals surface area (Å²) >= 11 is 0. The Kier molecular flexibility index (Phi) is 5.57. The van der Waals surface area contributed by atoms with E-state index in [1.165, 1.54) is 0 Å². The highest BCUT2D eigenvalue weighted by molar-refractivity contribution is 5.82. The highest BCUT2D eigenvalue weighted by Gasteiger charge is 2.35. The average molecular weight is 253 g/mol. The molecule has 0 heterocycles. The smallest absolute Gasteiger partial charge is 0.238 e. The maximum atomic E-state index is 12.1. The zero-order valence-electron chi connectivity index (χ0n) is 11.3. The third-order valence-electron chi connectivity index (χ3n) is 3.78. The second-order valence-electron chi connectivity index (χ2n) is 5.12. The van der Waals surface area contributed by atoms with Gasteiger partial charge in [0.15, 0.2) is 0 Å². The minimum atomic E-state index is -0.677. The molecule has 102 valence electrons. The Bertz CT molecular complexity index is 319. The summed E-state index contributed by atoms with van der Waals surface area (Å²) in [6.07, 6.45) is 4.61. The second kappa shape index (κ2) is 6.72. The predicted octanol–water partition coefficient (Wildman–Crippen LogP) is 0.642. The van der Waals surface area contributed by atoms with Crippen LogP contribution in [0.1, 0.15) is 39.0 Å². The van der Waals surface area contributed by atoms with Crippen molar-refractivity contribution in [2.24, 2.45) is 0 Å². The number of aliphatic hydroxyl groups excluding tert-OH is 1. The lowest BCUT2D eigenvalue weighted by Gasteiger charge is -2.34. The number of aliphatic hydroxyl groups is 1. The Morgan fingerprint density at radius 3 is 2.61 bits per heavy atom. The molecule has 1 aliphatic carbocycles. The van der Waals surface area contributed by atoms with Crippen molar-refractivity contribution in [2.75, 3.05) is 20.2 Å². The molecular weight excluding hydrogens is 230 g/mol. The number of likely N-dealkylation sites (N-methyl/N-ethyl adjacent to an activating group) is 1. The van der Waals surface area contributed by atoms with Crippen molar-refractivity contribution >= 4 is 5.91 Å². The maximum absolute atomic E-state index is 12.1. The minimum Gasteiger partial charge on any atom is -0.395 e. The van der Waals surface area contributed by atoms with Crippen LogP contribution in [-0.2, 0) is 4.79 Å².